The van der Waals surface area contributed by atoms with Gasteiger partial charge >= 0.3 is 0 Å². The second-order valence-electron chi connectivity index (χ2n) is 4.72. The number of halogens is 1. The van der Waals surface area contributed by atoms with Gasteiger partial charge in [0.05, 0.1) is 0 Å². The summed E-state index contributed by atoms with van der Waals surface area (Å²) in [4.78, 5) is 12.0. The zero-order valence-electron chi connectivity index (χ0n) is 11.9. The van der Waals surface area contributed by atoms with E-state index in [1.54, 1.807) is 36.4 Å². The minimum atomic E-state index is -0.247. The number of anilines is 2. The molecule has 5 nitrogen and oxygen atoms in total. The van der Waals surface area contributed by atoms with Crippen LogP contribution in [0.2, 0.25) is 5.02 Å². The minimum absolute atomic E-state index is 0.247. The molecule has 1 aromatic carbocycles. The Morgan fingerprint density at radius 1 is 1.14 bits per heavy atom. The molecule has 0 saturated heterocycles. The molecule has 2 N–H and O–H groups in total. The fourth-order valence-corrected chi connectivity index (χ4v) is 1.75. The van der Waals surface area contributed by atoms with E-state index < -0.39 is 0 Å². The van der Waals surface area contributed by atoms with E-state index in [2.05, 4.69) is 34.7 Å². The van der Waals surface area contributed by atoms with Gasteiger partial charge in [-0.1, -0.05) is 18.5 Å². The van der Waals surface area contributed by atoms with E-state index in [1.165, 1.54) is 0 Å². The van der Waals surface area contributed by atoms with Gasteiger partial charge in [0.15, 0.2) is 5.82 Å². The van der Waals surface area contributed by atoms with Crippen LogP contribution in [0.3, 0.4) is 0 Å². The minimum Gasteiger partial charge on any atom is -0.366 e. The van der Waals surface area contributed by atoms with Crippen LogP contribution in [0.1, 0.15) is 30.6 Å². The fraction of sp³-hybridized carbons (Fsp3) is 0.267. The Labute approximate surface area is 128 Å². The molecule has 0 aliphatic rings. The number of carbonyl (C=O) groups is 1. The Morgan fingerprint density at radius 2 is 1.76 bits per heavy atom. The van der Waals surface area contributed by atoms with Crippen molar-refractivity contribution in [2.75, 3.05) is 10.6 Å². The Bertz CT molecular complexity index is 598. The van der Waals surface area contributed by atoms with Crippen LogP contribution in [-0.4, -0.2) is 22.1 Å². The van der Waals surface area contributed by atoms with Crippen LogP contribution in [-0.2, 0) is 0 Å². The summed E-state index contributed by atoms with van der Waals surface area (Å²) in [6.45, 7) is 4.16. The van der Waals surface area contributed by atoms with Crippen LogP contribution in [0.4, 0.5) is 11.6 Å². The molecule has 1 unspecified atom stereocenters. The van der Waals surface area contributed by atoms with Gasteiger partial charge in [-0.05, 0) is 49.7 Å². The van der Waals surface area contributed by atoms with E-state index in [0.717, 1.165) is 6.42 Å². The fourth-order valence-electron chi connectivity index (χ4n) is 1.62. The summed E-state index contributed by atoms with van der Waals surface area (Å²) in [6, 6.07) is 10.5. The highest BCUT2D eigenvalue weighted by Crippen LogP contribution is 2.12. The molecule has 0 aliphatic carbocycles. The van der Waals surface area contributed by atoms with Crippen molar-refractivity contribution in [3.05, 3.63) is 47.0 Å². The summed E-state index contributed by atoms with van der Waals surface area (Å²) in [7, 11) is 0. The zero-order valence-corrected chi connectivity index (χ0v) is 12.7. The second kappa shape index (κ2) is 7.04. The van der Waals surface area contributed by atoms with Gasteiger partial charge < -0.3 is 10.6 Å². The summed E-state index contributed by atoms with van der Waals surface area (Å²) < 4.78 is 0. The molecule has 1 heterocycles. The SMILES string of the molecule is CCC(C)Nc1ccc(NC(=O)c2ccc(Cl)cc2)nn1. The molecule has 0 saturated carbocycles. The summed E-state index contributed by atoms with van der Waals surface area (Å²) in [5, 5.41) is 14.5. The van der Waals surface area contributed by atoms with Crippen LogP contribution in [0.15, 0.2) is 36.4 Å². The maximum Gasteiger partial charge on any atom is 0.256 e. The lowest BCUT2D eigenvalue weighted by Crippen LogP contribution is -2.16. The highest BCUT2D eigenvalue weighted by atomic mass is 35.5. The van der Waals surface area contributed by atoms with Crippen molar-refractivity contribution in [2.45, 2.75) is 26.3 Å². The number of hydrogen-bond donors (Lipinski definition) is 2. The van der Waals surface area contributed by atoms with E-state index in [0.29, 0.717) is 28.3 Å². The number of carbonyl (C=O) groups excluding carboxylic acids is 1. The Hall–Kier alpha value is -2.14. The maximum absolute atomic E-state index is 12.0. The highest BCUT2D eigenvalue weighted by molar-refractivity contribution is 6.30. The molecule has 1 amide bonds. The molecule has 21 heavy (non-hydrogen) atoms. The highest BCUT2D eigenvalue weighted by Gasteiger charge is 2.07. The molecule has 1 aromatic heterocycles. The van der Waals surface area contributed by atoms with Crippen LogP contribution in [0, 0.1) is 0 Å². The van der Waals surface area contributed by atoms with Crippen molar-refractivity contribution in [1.82, 2.24) is 10.2 Å². The Morgan fingerprint density at radius 3 is 2.33 bits per heavy atom. The molecule has 0 spiro atoms. The van der Waals surface area contributed by atoms with Crippen molar-refractivity contribution in [2.24, 2.45) is 0 Å². The largest absolute Gasteiger partial charge is 0.366 e. The predicted octanol–water partition coefficient (Wildman–Crippen LogP) is 3.59. The van der Waals surface area contributed by atoms with Crippen molar-refractivity contribution in [1.29, 1.82) is 0 Å². The third kappa shape index (κ3) is 4.43. The summed E-state index contributed by atoms with van der Waals surface area (Å²) in [6.07, 6.45) is 0.997. The standard InChI is InChI=1S/C15H17ClN4O/c1-3-10(2)17-13-8-9-14(20-19-13)18-15(21)11-4-6-12(16)7-5-11/h4-10H,3H2,1-2H3,(H,17,19)(H,18,20,21). The van der Waals surface area contributed by atoms with Crippen molar-refractivity contribution in [3.8, 4) is 0 Å². The molecule has 0 bridgehead atoms. The quantitative estimate of drug-likeness (QED) is 0.886. The third-order valence-electron chi connectivity index (χ3n) is 3.02. The van der Waals surface area contributed by atoms with Gasteiger partial charge in [-0.3, -0.25) is 4.79 Å². The van der Waals surface area contributed by atoms with Crippen molar-refractivity contribution >= 4 is 29.1 Å². The first-order valence-electron chi connectivity index (χ1n) is 6.75. The van der Waals surface area contributed by atoms with Crippen molar-refractivity contribution < 1.29 is 4.79 Å². The predicted molar refractivity (Wildman–Crippen MR) is 84.8 cm³/mol. The van der Waals surface area contributed by atoms with Crippen LogP contribution < -0.4 is 10.6 Å². The van der Waals surface area contributed by atoms with E-state index >= 15 is 0 Å². The number of nitrogens with zero attached hydrogens (tertiary/aromatic N) is 2. The number of benzene rings is 1. The molecule has 6 heteroatoms. The normalized spacial score (nSPS) is 11.8. The van der Waals surface area contributed by atoms with Crippen LogP contribution in [0.25, 0.3) is 0 Å². The van der Waals surface area contributed by atoms with Gasteiger partial charge in [0.1, 0.15) is 5.82 Å². The molecule has 110 valence electrons. The van der Waals surface area contributed by atoms with Gasteiger partial charge in [-0.15, -0.1) is 10.2 Å². The monoisotopic (exact) mass is 304 g/mol. The first kappa shape index (κ1) is 15.3. The molecule has 2 rings (SSSR count). The van der Waals surface area contributed by atoms with E-state index in [4.69, 9.17) is 11.6 Å². The molecule has 1 atom stereocenters. The molecular weight excluding hydrogens is 288 g/mol. The zero-order chi connectivity index (χ0) is 15.2. The number of rotatable bonds is 5. The number of hydrogen-bond acceptors (Lipinski definition) is 4. The third-order valence-corrected chi connectivity index (χ3v) is 3.27. The molecule has 0 radical (unpaired) electrons. The van der Waals surface area contributed by atoms with Crippen LogP contribution in [0.5, 0.6) is 0 Å². The van der Waals surface area contributed by atoms with Gasteiger partial charge in [-0.2, -0.15) is 0 Å². The average molecular weight is 305 g/mol. The maximum atomic E-state index is 12.0. The van der Waals surface area contributed by atoms with E-state index in [-0.39, 0.29) is 5.91 Å². The smallest absolute Gasteiger partial charge is 0.256 e. The lowest BCUT2D eigenvalue weighted by atomic mass is 10.2. The summed E-state index contributed by atoms with van der Waals surface area (Å²) >= 11 is 5.79. The van der Waals surface area contributed by atoms with Crippen LogP contribution >= 0.6 is 11.6 Å². The number of nitrogens with one attached hydrogen (secondary N) is 2. The Kier molecular flexibility index (Phi) is 5.11. The lowest BCUT2D eigenvalue weighted by molar-refractivity contribution is 0.102. The van der Waals surface area contributed by atoms with Crippen molar-refractivity contribution in [3.63, 3.8) is 0 Å². The first-order valence-corrected chi connectivity index (χ1v) is 7.13. The summed E-state index contributed by atoms with van der Waals surface area (Å²) in [5.74, 6) is 0.849. The molecule has 0 aliphatic heterocycles. The molecular formula is C15H17ClN4O. The second-order valence-corrected chi connectivity index (χ2v) is 5.15. The van der Waals surface area contributed by atoms with Gasteiger partial charge in [0.2, 0.25) is 0 Å². The topological polar surface area (TPSA) is 66.9 Å². The molecule has 2 aromatic rings. The van der Waals surface area contributed by atoms with E-state index in [1.807, 2.05) is 0 Å². The van der Waals surface area contributed by atoms with Gasteiger partial charge in [-0.25, -0.2) is 0 Å². The molecule has 0 fully saturated rings. The van der Waals surface area contributed by atoms with Gasteiger partial charge in [0, 0.05) is 16.6 Å². The number of aromatic nitrogens is 2. The van der Waals surface area contributed by atoms with Gasteiger partial charge in [0.25, 0.3) is 5.91 Å². The lowest BCUT2D eigenvalue weighted by Gasteiger charge is -2.11. The Balaban J connectivity index is 1.99. The van der Waals surface area contributed by atoms with E-state index in [9.17, 15) is 4.79 Å². The average Bonchev–Trinajstić information content (AvgIpc) is 2.49. The summed E-state index contributed by atoms with van der Waals surface area (Å²) in [5.41, 5.74) is 0.517. The number of amides is 1. The first-order chi connectivity index (χ1) is 10.1.